The molecule has 2 amide bonds. The molecule has 1 atom stereocenters. The Kier molecular flexibility index (Phi) is 8.29. The predicted octanol–water partition coefficient (Wildman–Crippen LogP) is 6.22. The summed E-state index contributed by atoms with van der Waals surface area (Å²) in [5, 5.41) is 12.8. The van der Waals surface area contributed by atoms with Crippen LogP contribution in [0, 0.1) is 0 Å². The lowest BCUT2D eigenvalue weighted by Gasteiger charge is -2.23. The summed E-state index contributed by atoms with van der Waals surface area (Å²) in [6, 6.07) is 14.7. The van der Waals surface area contributed by atoms with Crippen molar-refractivity contribution in [3.8, 4) is 10.6 Å². The van der Waals surface area contributed by atoms with Crippen LogP contribution in [0.4, 0.5) is 5.13 Å². The third-order valence-corrected chi connectivity index (χ3v) is 7.19. The van der Waals surface area contributed by atoms with Gasteiger partial charge in [-0.05, 0) is 55.5 Å². The Morgan fingerprint density at radius 2 is 1.94 bits per heavy atom. The van der Waals surface area contributed by atoms with Crippen molar-refractivity contribution in [1.82, 2.24) is 15.1 Å². The van der Waals surface area contributed by atoms with Gasteiger partial charge in [-0.1, -0.05) is 73.4 Å². The van der Waals surface area contributed by atoms with Crippen molar-refractivity contribution < 1.29 is 9.59 Å². The molecule has 34 heavy (non-hydrogen) atoms. The Morgan fingerprint density at radius 1 is 1.12 bits per heavy atom. The molecule has 8 heteroatoms. The van der Waals surface area contributed by atoms with Gasteiger partial charge in [0.25, 0.3) is 5.91 Å². The summed E-state index contributed by atoms with van der Waals surface area (Å²) < 4.78 is 0. The van der Waals surface area contributed by atoms with E-state index in [0.29, 0.717) is 33.7 Å². The summed E-state index contributed by atoms with van der Waals surface area (Å²) in [5.41, 5.74) is 2.71. The molecule has 2 heterocycles. The van der Waals surface area contributed by atoms with Gasteiger partial charge < -0.3 is 4.90 Å². The summed E-state index contributed by atoms with van der Waals surface area (Å²) in [4.78, 5) is 27.8. The van der Waals surface area contributed by atoms with Gasteiger partial charge in [0.05, 0.1) is 0 Å². The standard InChI is InChI=1S/C26H29ClN4O2S/c1-2-3-4-5-8-18-12-14-19(15-13-18)25(33)31-16-7-11-22(31)23(32)28-26-30-29-24(34-26)20-9-6-10-21(27)17-20/h6,9-10,12-15,17,22H,2-5,7-8,11,16H2,1H3,(H,28,30,32). The van der Waals surface area contributed by atoms with Crippen molar-refractivity contribution in [2.24, 2.45) is 0 Å². The van der Waals surface area contributed by atoms with E-state index in [1.807, 2.05) is 42.5 Å². The number of nitrogens with zero attached hydrogens (tertiary/aromatic N) is 3. The van der Waals surface area contributed by atoms with Gasteiger partial charge in [0.2, 0.25) is 11.0 Å². The van der Waals surface area contributed by atoms with E-state index in [0.717, 1.165) is 18.4 Å². The summed E-state index contributed by atoms with van der Waals surface area (Å²) >= 11 is 7.34. The zero-order valence-corrected chi connectivity index (χ0v) is 20.9. The summed E-state index contributed by atoms with van der Waals surface area (Å²) in [7, 11) is 0. The molecule has 2 aromatic carbocycles. The number of amides is 2. The van der Waals surface area contributed by atoms with Gasteiger partial charge in [-0.3, -0.25) is 14.9 Å². The first-order valence-corrected chi connectivity index (χ1v) is 13.0. The minimum atomic E-state index is -0.514. The maximum atomic E-state index is 13.2. The molecular formula is C26H29ClN4O2S. The number of hydrogen-bond donors (Lipinski definition) is 1. The molecule has 0 saturated carbocycles. The normalized spacial score (nSPS) is 15.5. The molecule has 1 unspecified atom stereocenters. The molecule has 3 aromatic rings. The molecule has 0 radical (unpaired) electrons. The summed E-state index contributed by atoms with van der Waals surface area (Å²) in [5.74, 6) is -0.334. The van der Waals surface area contributed by atoms with E-state index in [-0.39, 0.29) is 11.8 Å². The molecule has 178 valence electrons. The van der Waals surface area contributed by atoms with Crippen LogP contribution in [-0.2, 0) is 11.2 Å². The Morgan fingerprint density at radius 3 is 2.71 bits per heavy atom. The Balaban J connectivity index is 1.37. The molecular weight excluding hydrogens is 468 g/mol. The molecule has 4 rings (SSSR count). The van der Waals surface area contributed by atoms with Gasteiger partial charge in [-0.2, -0.15) is 0 Å². The van der Waals surface area contributed by atoms with Crippen LogP contribution in [0.1, 0.15) is 61.4 Å². The van der Waals surface area contributed by atoms with Crippen LogP contribution in [0.5, 0.6) is 0 Å². The van der Waals surface area contributed by atoms with Gasteiger partial charge in [0, 0.05) is 22.7 Å². The van der Waals surface area contributed by atoms with Gasteiger partial charge in [-0.15, -0.1) is 10.2 Å². The second-order valence-corrected chi connectivity index (χ2v) is 9.99. The third kappa shape index (κ3) is 6.02. The largest absolute Gasteiger partial charge is 0.327 e. The maximum Gasteiger partial charge on any atom is 0.254 e. The Bertz CT molecular complexity index is 1130. The second kappa shape index (κ2) is 11.6. The highest BCUT2D eigenvalue weighted by Gasteiger charge is 2.35. The van der Waals surface area contributed by atoms with E-state index >= 15 is 0 Å². The van der Waals surface area contributed by atoms with E-state index in [2.05, 4.69) is 22.4 Å². The highest BCUT2D eigenvalue weighted by Crippen LogP contribution is 2.29. The lowest BCUT2D eigenvalue weighted by atomic mass is 10.0. The van der Waals surface area contributed by atoms with Crippen LogP contribution in [-0.4, -0.2) is 39.5 Å². The van der Waals surface area contributed by atoms with Crippen molar-refractivity contribution in [3.05, 3.63) is 64.7 Å². The Hall–Kier alpha value is -2.77. The average Bonchev–Trinajstić information content (AvgIpc) is 3.52. The van der Waals surface area contributed by atoms with Gasteiger partial charge in [-0.25, -0.2) is 0 Å². The zero-order valence-electron chi connectivity index (χ0n) is 19.3. The van der Waals surface area contributed by atoms with Crippen LogP contribution in [0.3, 0.4) is 0 Å². The lowest BCUT2D eigenvalue weighted by molar-refractivity contribution is -0.119. The number of likely N-dealkylation sites (tertiary alicyclic amines) is 1. The first kappa shape index (κ1) is 24.4. The monoisotopic (exact) mass is 496 g/mol. The highest BCUT2D eigenvalue weighted by atomic mass is 35.5. The summed E-state index contributed by atoms with van der Waals surface area (Å²) in [6.45, 7) is 2.78. The van der Waals surface area contributed by atoms with E-state index in [1.165, 1.54) is 42.6 Å². The topological polar surface area (TPSA) is 75.2 Å². The number of benzene rings is 2. The molecule has 6 nitrogen and oxygen atoms in total. The van der Waals surface area contributed by atoms with Crippen LogP contribution < -0.4 is 5.32 Å². The van der Waals surface area contributed by atoms with Crippen molar-refractivity contribution in [2.75, 3.05) is 11.9 Å². The molecule has 0 aliphatic carbocycles. The van der Waals surface area contributed by atoms with E-state index < -0.39 is 6.04 Å². The number of aromatic nitrogens is 2. The number of hydrogen-bond acceptors (Lipinski definition) is 5. The molecule has 1 aliphatic rings. The molecule has 1 fully saturated rings. The van der Waals surface area contributed by atoms with Gasteiger partial charge in [0.15, 0.2) is 0 Å². The quantitative estimate of drug-likeness (QED) is 0.356. The smallest absolute Gasteiger partial charge is 0.254 e. The molecule has 0 bridgehead atoms. The number of halogens is 1. The number of unbranched alkanes of at least 4 members (excludes halogenated alkanes) is 3. The fraction of sp³-hybridized carbons (Fsp3) is 0.385. The second-order valence-electron chi connectivity index (χ2n) is 8.58. The fourth-order valence-electron chi connectivity index (χ4n) is 4.22. The fourth-order valence-corrected chi connectivity index (χ4v) is 5.15. The third-order valence-electron chi connectivity index (χ3n) is 6.06. The molecule has 0 spiro atoms. The number of aryl methyl sites for hydroxylation is 1. The number of rotatable bonds is 9. The van der Waals surface area contributed by atoms with E-state index in [9.17, 15) is 9.59 Å². The molecule has 1 saturated heterocycles. The van der Waals surface area contributed by atoms with Crippen LogP contribution in [0.25, 0.3) is 10.6 Å². The van der Waals surface area contributed by atoms with Gasteiger partial charge in [0.1, 0.15) is 11.0 Å². The van der Waals surface area contributed by atoms with Crippen molar-refractivity contribution in [3.63, 3.8) is 0 Å². The van der Waals surface area contributed by atoms with Crippen molar-refractivity contribution >= 4 is 39.9 Å². The minimum Gasteiger partial charge on any atom is -0.327 e. The van der Waals surface area contributed by atoms with Crippen molar-refractivity contribution in [1.29, 1.82) is 0 Å². The summed E-state index contributed by atoms with van der Waals surface area (Å²) in [6.07, 6.45) is 7.34. The zero-order chi connectivity index (χ0) is 23.9. The SMILES string of the molecule is CCCCCCc1ccc(C(=O)N2CCCC2C(=O)Nc2nnc(-c3cccc(Cl)c3)s2)cc1. The molecule has 1 aliphatic heterocycles. The first-order chi connectivity index (χ1) is 16.5. The predicted molar refractivity (Wildman–Crippen MR) is 137 cm³/mol. The van der Waals surface area contributed by atoms with E-state index in [1.54, 1.807) is 11.0 Å². The highest BCUT2D eigenvalue weighted by molar-refractivity contribution is 7.18. The lowest BCUT2D eigenvalue weighted by Crippen LogP contribution is -2.43. The van der Waals surface area contributed by atoms with E-state index in [4.69, 9.17) is 11.6 Å². The number of carbonyl (C=O) groups excluding carboxylic acids is 2. The Labute approximate surface area is 209 Å². The first-order valence-electron chi connectivity index (χ1n) is 11.9. The number of carbonyl (C=O) groups is 2. The average molecular weight is 497 g/mol. The number of nitrogens with one attached hydrogen (secondary N) is 1. The van der Waals surface area contributed by atoms with Crippen LogP contribution >= 0.6 is 22.9 Å². The number of anilines is 1. The maximum absolute atomic E-state index is 13.2. The van der Waals surface area contributed by atoms with Crippen LogP contribution in [0.15, 0.2) is 48.5 Å². The van der Waals surface area contributed by atoms with Crippen molar-refractivity contribution in [2.45, 2.75) is 57.9 Å². The van der Waals surface area contributed by atoms with Crippen LogP contribution in [0.2, 0.25) is 5.02 Å². The molecule has 1 N–H and O–H groups in total. The minimum absolute atomic E-state index is 0.105. The van der Waals surface area contributed by atoms with Gasteiger partial charge >= 0.3 is 0 Å². The molecule has 1 aromatic heterocycles.